The number of ketones is 2. The third kappa shape index (κ3) is 4.79. The minimum Gasteiger partial charge on any atom is -0.310 e. The monoisotopic (exact) mass is 220 g/mol. The van der Waals surface area contributed by atoms with E-state index in [0.717, 1.165) is 6.42 Å². The smallest absolute Gasteiger partial charge is 0.164 e. The van der Waals surface area contributed by atoms with Crippen molar-refractivity contribution in [3.63, 3.8) is 0 Å². The van der Waals surface area contributed by atoms with Crippen molar-refractivity contribution in [2.24, 2.45) is 0 Å². The maximum absolute atomic E-state index is 11.6. The van der Waals surface area contributed by atoms with Crippen LogP contribution in [0, 0.1) is 0 Å². The number of pyridine rings is 1. The molecule has 0 aliphatic heterocycles. The molecule has 0 aromatic carbocycles. The summed E-state index contributed by atoms with van der Waals surface area (Å²) in [4.78, 5) is 26.1. The summed E-state index contributed by atoms with van der Waals surface area (Å²) in [7, 11) is 0. The zero-order chi connectivity index (χ0) is 11.8. The van der Waals surface area contributed by atoms with Gasteiger partial charge in [-0.3, -0.25) is 14.6 Å². The zero-order valence-corrected chi connectivity index (χ0v) is 9.40. The van der Waals surface area contributed by atoms with Gasteiger partial charge < -0.3 is 5.32 Å². The predicted molar refractivity (Wildman–Crippen MR) is 61.4 cm³/mol. The molecule has 0 unspecified atom stereocenters. The minimum atomic E-state index is 0.0951. The van der Waals surface area contributed by atoms with E-state index in [-0.39, 0.29) is 11.6 Å². The fourth-order valence-corrected chi connectivity index (χ4v) is 1.31. The van der Waals surface area contributed by atoms with Crippen LogP contribution >= 0.6 is 0 Å². The van der Waals surface area contributed by atoms with Crippen molar-refractivity contribution in [1.29, 1.82) is 0 Å². The summed E-state index contributed by atoms with van der Waals surface area (Å²) in [6, 6.07) is 3.51. The Morgan fingerprint density at radius 3 is 2.88 bits per heavy atom. The highest BCUT2D eigenvalue weighted by molar-refractivity contribution is 5.95. The number of carbonyl (C=O) groups excluding carboxylic acids is 2. The van der Waals surface area contributed by atoms with Crippen molar-refractivity contribution >= 4 is 11.6 Å². The molecule has 1 aromatic heterocycles. The normalized spacial score (nSPS) is 10.1. The molecule has 0 saturated carbocycles. The first kappa shape index (κ1) is 12.5. The Bertz CT molecular complexity index is 349. The average Bonchev–Trinajstić information content (AvgIpc) is 2.29. The summed E-state index contributed by atoms with van der Waals surface area (Å²) < 4.78 is 0. The summed E-state index contributed by atoms with van der Waals surface area (Å²) in [5.41, 5.74) is 0.647. The molecule has 0 aliphatic rings. The first-order valence-corrected chi connectivity index (χ1v) is 5.33. The van der Waals surface area contributed by atoms with Crippen LogP contribution in [0.25, 0.3) is 0 Å². The molecule has 1 rings (SSSR count). The Hall–Kier alpha value is -1.55. The van der Waals surface area contributed by atoms with Gasteiger partial charge >= 0.3 is 0 Å². The highest BCUT2D eigenvalue weighted by Crippen LogP contribution is 2.02. The molecule has 0 saturated heterocycles. The van der Waals surface area contributed by atoms with Gasteiger partial charge in [0.2, 0.25) is 0 Å². The lowest BCUT2D eigenvalue weighted by Crippen LogP contribution is -2.22. The van der Waals surface area contributed by atoms with Crippen LogP contribution < -0.4 is 5.32 Å². The molecule has 0 atom stereocenters. The van der Waals surface area contributed by atoms with E-state index in [2.05, 4.69) is 10.3 Å². The van der Waals surface area contributed by atoms with Gasteiger partial charge in [-0.05, 0) is 32.0 Å². The van der Waals surface area contributed by atoms with E-state index in [0.29, 0.717) is 25.1 Å². The molecule has 0 aliphatic carbocycles. The first-order valence-electron chi connectivity index (χ1n) is 5.33. The summed E-state index contributed by atoms with van der Waals surface area (Å²) in [5, 5.41) is 2.97. The first-order chi connectivity index (χ1) is 7.70. The number of hydrogen-bond donors (Lipinski definition) is 1. The fraction of sp³-hybridized carbons (Fsp3) is 0.417. The van der Waals surface area contributed by atoms with E-state index in [9.17, 15) is 9.59 Å². The van der Waals surface area contributed by atoms with Gasteiger partial charge in [0.15, 0.2) is 5.78 Å². The van der Waals surface area contributed by atoms with Crippen molar-refractivity contribution in [3.8, 4) is 0 Å². The second-order valence-electron chi connectivity index (χ2n) is 3.65. The van der Waals surface area contributed by atoms with Crippen LogP contribution in [0.1, 0.15) is 30.1 Å². The Balaban J connectivity index is 2.19. The molecule has 0 spiro atoms. The molecule has 0 amide bonds. The van der Waals surface area contributed by atoms with Crippen LogP contribution in [0.3, 0.4) is 0 Å². The summed E-state index contributed by atoms with van der Waals surface area (Å²) in [6.07, 6.45) is 4.44. The molecular weight excluding hydrogens is 204 g/mol. The molecular formula is C12H16N2O2. The lowest BCUT2D eigenvalue weighted by atomic mass is 10.1. The molecule has 1 heterocycles. The molecule has 0 radical (unpaired) electrons. The van der Waals surface area contributed by atoms with Crippen molar-refractivity contribution in [2.45, 2.75) is 19.8 Å². The Morgan fingerprint density at radius 2 is 2.25 bits per heavy atom. The van der Waals surface area contributed by atoms with Gasteiger partial charge in [0.1, 0.15) is 5.78 Å². The molecule has 4 nitrogen and oxygen atoms in total. The fourth-order valence-electron chi connectivity index (χ4n) is 1.31. The topological polar surface area (TPSA) is 59.1 Å². The van der Waals surface area contributed by atoms with E-state index in [4.69, 9.17) is 0 Å². The molecule has 16 heavy (non-hydrogen) atoms. The molecule has 1 N–H and O–H groups in total. The van der Waals surface area contributed by atoms with Gasteiger partial charge in [-0.25, -0.2) is 0 Å². The Kier molecular flexibility index (Phi) is 5.36. The second-order valence-corrected chi connectivity index (χ2v) is 3.65. The SMILES string of the molecule is CC(=O)CNCCCC(=O)c1cccnc1. The summed E-state index contributed by atoms with van der Waals surface area (Å²) >= 11 is 0. The number of nitrogens with zero attached hydrogens (tertiary/aromatic N) is 1. The van der Waals surface area contributed by atoms with Crippen LogP contribution in [0.15, 0.2) is 24.5 Å². The van der Waals surface area contributed by atoms with Crippen LogP contribution in [0.5, 0.6) is 0 Å². The van der Waals surface area contributed by atoms with E-state index in [1.807, 2.05) is 0 Å². The van der Waals surface area contributed by atoms with Gasteiger partial charge in [0.25, 0.3) is 0 Å². The van der Waals surface area contributed by atoms with Gasteiger partial charge in [-0.2, -0.15) is 0 Å². The highest BCUT2D eigenvalue weighted by atomic mass is 16.1. The van der Waals surface area contributed by atoms with Crippen molar-refractivity contribution < 1.29 is 9.59 Å². The van der Waals surface area contributed by atoms with Crippen LogP contribution in [0.2, 0.25) is 0 Å². The lowest BCUT2D eigenvalue weighted by molar-refractivity contribution is -0.116. The third-order valence-corrected chi connectivity index (χ3v) is 2.11. The number of hydrogen-bond acceptors (Lipinski definition) is 4. The number of nitrogens with one attached hydrogen (secondary N) is 1. The predicted octanol–water partition coefficient (Wildman–Crippen LogP) is 1.22. The van der Waals surface area contributed by atoms with E-state index in [1.54, 1.807) is 24.5 Å². The van der Waals surface area contributed by atoms with Gasteiger partial charge in [-0.15, -0.1) is 0 Å². The lowest BCUT2D eigenvalue weighted by Gasteiger charge is -2.02. The zero-order valence-electron chi connectivity index (χ0n) is 9.40. The number of carbonyl (C=O) groups is 2. The second kappa shape index (κ2) is 6.85. The van der Waals surface area contributed by atoms with Gasteiger partial charge in [-0.1, -0.05) is 0 Å². The molecule has 86 valence electrons. The number of aromatic nitrogens is 1. The molecule has 1 aromatic rings. The molecule has 0 fully saturated rings. The Labute approximate surface area is 95.1 Å². The van der Waals surface area contributed by atoms with Crippen molar-refractivity contribution in [2.75, 3.05) is 13.1 Å². The standard InChI is InChI=1S/C12H16N2O2/c1-10(15)8-13-7-3-5-12(16)11-4-2-6-14-9-11/h2,4,6,9,13H,3,5,7-8H2,1H3. The maximum atomic E-state index is 11.6. The Morgan fingerprint density at radius 1 is 1.44 bits per heavy atom. The van der Waals surface area contributed by atoms with Crippen molar-refractivity contribution in [3.05, 3.63) is 30.1 Å². The summed E-state index contributed by atoms with van der Waals surface area (Å²) in [6.45, 7) is 2.60. The van der Waals surface area contributed by atoms with Crippen molar-refractivity contribution in [1.82, 2.24) is 10.3 Å². The highest BCUT2D eigenvalue weighted by Gasteiger charge is 2.04. The van der Waals surface area contributed by atoms with E-state index in [1.165, 1.54) is 6.92 Å². The summed E-state index contributed by atoms with van der Waals surface area (Å²) in [5.74, 6) is 0.205. The van der Waals surface area contributed by atoms with Gasteiger partial charge in [0.05, 0.1) is 6.54 Å². The average molecular weight is 220 g/mol. The molecule has 0 bridgehead atoms. The minimum absolute atomic E-state index is 0.0951. The van der Waals surface area contributed by atoms with E-state index >= 15 is 0 Å². The van der Waals surface area contributed by atoms with Gasteiger partial charge in [0, 0.05) is 24.4 Å². The van der Waals surface area contributed by atoms with Crippen LogP contribution in [0.4, 0.5) is 0 Å². The van der Waals surface area contributed by atoms with Crippen LogP contribution in [-0.2, 0) is 4.79 Å². The molecule has 4 heteroatoms. The van der Waals surface area contributed by atoms with Crippen LogP contribution in [-0.4, -0.2) is 29.6 Å². The largest absolute Gasteiger partial charge is 0.310 e. The third-order valence-electron chi connectivity index (χ3n) is 2.11. The number of Topliss-reactive ketones (excluding diaryl/α,β-unsaturated/α-hetero) is 2. The maximum Gasteiger partial charge on any atom is 0.164 e. The number of rotatable bonds is 7. The van der Waals surface area contributed by atoms with E-state index < -0.39 is 0 Å². The quantitative estimate of drug-likeness (QED) is 0.554.